The number of carbonyl (C=O) groups is 1. The Hall–Kier alpha value is -1.40. The van der Waals surface area contributed by atoms with E-state index in [1.54, 1.807) is 19.1 Å². The van der Waals surface area contributed by atoms with Crippen LogP contribution in [0.4, 0.5) is 0 Å². The summed E-state index contributed by atoms with van der Waals surface area (Å²) in [4.78, 5) is 11.4. The average Bonchev–Trinajstić information content (AvgIpc) is 2.64. The molecule has 0 saturated heterocycles. The highest BCUT2D eigenvalue weighted by Gasteiger charge is 2.29. The van der Waals surface area contributed by atoms with Crippen LogP contribution < -0.4 is 5.73 Å². The zero-order valence-electron chi connectivity index (χ0n) is 10.3. The Balaban J connectivity index is 2.58. The first-order valence-electron chi connectivity index (χ1n) is 5.54. The zero-order valence-corrected chi connectivity index (χ0v) is 11.1. The van der Waals surface area contributed by atoms with Crippen molar-refractivity contribution in [2.75, 3.05) is 12.8 Å². The Labute approximate surface area is 106 Å². The molecule has 5 nitrogen and oxygen atoms in total. The Morgan fingerprint density at radius 3 is 2.67 bits per heavy atom. The summed E-state index contributed by atoms with van der Waals surface area (Å²) < 4.78 is 28.3. The highest BCUT2D eigenvalue weighted by atomic mass is 32.2. The topological polar surface area (TPSA) is 86.5 Å². The molecule has 1 heterocycles. The Bertz CT molecular complexity index is 607. The number of carbonyl (C=O) groups excluding carboxylic acids is 1. The molecular formula is C12H15NO4S. The van der Waals surface area contributed by atoms with Gasteiger partial charge in [0.1, 0.15) is 6.61 Å². The molecule has 1 atom stereocenters. The number of esters is 1. The lowest BCUT2D eigenvalue weighted by molar-refractivity contribution is 0.0535. The lowest BCUT2D eigenvalue weighted by Gasteiger charge is -2.17. The number of fused-ring (bicyclic) bond motifs is 1. The molecule has 0 amide bonds. The van der Waals surface area contributed by atoms with Crippen LogP contribution in [-0.2, 0) is 21.2 Å². The van der Waals surface area contributed by atoms with E-state index in [1.165, 1.54) is 6.26 Å². The lowest BCUT2D eigenvalue weighted by atomic mass is 9.96. The first-order valence-corrected chi connectivity index (χ1v) is 7.50. The van der Waals surface area contributed by atoms with Crippen LogP contribution in [0.15, 0.2) is 12.1 Å². The third-order valence-corrected chi connectivity index (χ3v) is 4.77. The van der Waals surface area contributed by atoms with Gasteiger partial charge in [-0.2, -0.15) is 0 Å². The monoisotopic (exact) mass is 269 g/mol. The SMILES string of the molecule is Cc1c([C@H](CN)S(C)(=O)=O)ccc2c1COC2=O. The van der Waals surface area contributed by atoms with E-state index >= 15 is 0 Å². The van der Waals surface area contributed by atoms with Crippen molar-refractivity contribution in [2.24, 2.45) is 5.73 Å². The molecule has 0 radical (unpaired) electrons. The van der Waals surface area contributed by atoms with Gasteiger partial charge in [-0.25, -0.2) is 13.2 Å². The molecule has 1 aliphatic rings. The standard InChI is InChI=1S/C12H15NO4S/c1-7-8(11(5-13)18(2,15)16)3-4-9-10(7)6-17-12(9)14/h3-4,11H,5-6,13H2,1-2H3/t11-/m0/s1. The van der Waals surface area contributed by atoms with Crippen LogP contribution in [-0.4, -0.2) is 27.2 Å². The fourth-order valence-electron chi connectivity index (χ4n) is 2.25. The molecule has 1 aromatic carbocycles. The summed E-state index contributed by atoms with van der Waals surface area (Å²) in [7, 11) is -3.27. The van der Waals surface area contributed by atoms with Crippen molar-refractivity contribution in [3.63, 3.8) is 0 Å². The quantitative estimate of drug-likeness (QED) is 0.817. The van der Waals surface area contributed by atoms with Gasteiger partial charge in [-0.05, 0) is 24.1 Å². The Morgan fingerprint density at radius 1 is 1.44 bits per heavy atom. The third-order valence-electron chi connectivity index (χ3n) is 3.29. The van der Waals surface area contributed by atoms with Crippen molar-refractivity contribution < 1.29 is 17.9 Å². The van der Waals surface area contributed by atoms with Gasteiger partial charge in [0.15, 0.2) is 9.84 Å². The van der Waals surface area contributed by atoms with Crippen LogP contribution in [0.3, 0.4) is 0 Å². The number of benzene rings is 1. The maximum absolute atomic E-state index is 11.7. The van der Waals surface area contributed by atoms with E-state index in [0.717, 1.165) is 11.1 Å². The van der Waals surface area contributed by atoms with Gasteiger partial charge in [0, 0.05) is 18.4 Å². The van der Waals surface area contributed by atoms with Gasteiger partial charge in [-0.15, -0.1) is 0 Å². The summed E-state index contributed by atoms with van der Waals surface area (Å²) in [6.45, 7) is 2.02. The summed E-state index contributed by atoms with van der Waals surface area (Å²) in [5.74, 6) is -0.358. The number of cyclic esters (lactones) is 1. The van der Waals surface area contributed by atoms with Crippen molar-refractivity contribution in [1.29, 1.82) is 0 Å². The van der Waals surface area contributed by atoms with E-state index in [0.29, 0.717) is 11.1 Å². The average molecular weight is 269 g/mol. The molecule has 1 aliphatic heterocycles. The minimum absolute atomic E-state index is 0.0211. The number of sulfone groups is 1. The smallest absolute Gasteiger partial charge is 0.338 e. The summed E-state index contributed by atoms with van der Waals surface area (Å²) in [6.07, 6.45) is 1.17. The molecule has 0 spiro atoms. The number of nitrogens with two attached hydrogens (primary N) is 1. The predicted octanol–water partition coefficient (Wildman–Crippen LogP) is 0.710. The fourth-order valence-corrected chi connectivity index (χ4v) is 3.32. The minimum atomic E-state index is -3.27. The van der Waals surface area contributed by atoms with Gasteiger partial charge < -0.3 is 10.5 Å². The van der Waals surface area contributed by atoms with Gasteiger partial charge in [-0.1, -0.05) is 6.07 Å². The van der Waals surface area contributed by atoms with Crippen LogP contribution in [0.1, 0.15) is 32.3 Å². The molecule has 2 rings (SSSR count). The van der Waals surface area contributed by atoms with E-state index in [-0.39, 0.29) is 19.1 Å². The van der Waals surface area contributed by atoms with E-state index in [1.807, 2.05) is 0 Å². The Morgan fingerprint density at radius 2 is 2.11 bits per heavy atom. The highest BCUT2D eigenvalue weighted by Crippen LogP contribution is 2.31. The molecule has 0 aromatic heterocycles. The van der Waals surface area contributed by atoms with Crippen LogP contribution in [0.5, 0.6) is 0 Å². The van der Waals surface area contributed by atoms with E-state index in [4.69, 9.17) is 10.5 Å². The van der Waals surface area contributed by atoms with E-state index in [9.17, 15) is 13.2 Å². The summed E-state index contributed by atoms with van der Waals surface area (Å²) in [5.41, 5.74) is 8.26. The normalized spacial score (nSPS) is 16.3. The van der Waals surface area contributed by atoms with Gasteiger partial charge >= 0.3 is 5.97 Å². The highest BCUT2D eigenvalue weighted by molar-refractivity contribution is 7.91. The van der Waals surface area contributed by atoms with Crippen LogP contribution in [0.2, 0.25) is 0 Å². The molecule has 18 heavy (non-hydrogen) atoms. The molecular weight excluding hydrogens is 254 g/mol. The first-order chi connectivity index (χ1) is 8.36. The second kappa shape index (κ2) is 4.37. The summed E-state index contributed by atoms with van der Waals surface area (Å²) >= 11 is 0. The van der Waals surface area contributed by atoms with E-state index in [2.05, 4.69) is 0 Å². The first kappa shape index (κ1) is 13.0. The zero-order chi connectivity index (χ0) is 13.5. The molecule has 98 valence electrons. The molecule has 0 fully saturated rings. The number of ether oxygens (including phenoxy) is 1. The van der Waals surface area contributed by atoms with Crippen LogP contribution in [0.25, 0.3) is 0 Å². The molecule has 0 bridgehead atoms. The molecule has 0 saturated carbocycles. The number of rotatable bonds is 3. The van der Waals surface area contributed by atoms with Gasteiger partial charge in [-0.3, -0.25) is 0 Å². The van der Waals surface area contributed by atoms with Gasteiger partial charge in [0.25, 0.3) is 0 Å². The number of hydrogen-bond acceptors (Lipinski definition) is 5. The third kappa shape index (κ3) is 2.02. The molecule has 2 N–H and O–H groups in total. The maximum Gasteiger partial charge on any atom is 0.338 e. The second-order valence-electron chi connectivity index (χ2n) is 4.44. The maximum atomic E-state index is 11.7. The molecule has 6 heteroatoms. The van der Waals surface area contributed by atoms with Crippen LogP contribution in [0, 0.1) is 6.92 Å². The van der Waals surface area contributed by atoms with Crippen molar-refractivity contribution in [1.82, 2.24) is 0 Å². The van der Waals surface area contributed by atoms with Crippen molar-refractivity contribution in [3.05, 3.63) is 34.4 Å². The lowest BCUT2D eigenvalue weighted by Crippen LogP contribution is -2.22. The Kier molecular flexibility index (Phi) is 3.16. The molecule has 0 aliphatic carbocycles. The largest absolute Gasteiger partial charge is 0.457 e. The number of hydrogen-bond donors (Lipinski definition) is 1. The fraction of sp³-hybridized carbons (Fsp3) is 0.417. The van der Waals surface area contributed by atoms with Crippen molar-refractivity contribution in [3.8, 4) is 0 Å². The summed E-state index contributed by atoms with van der Waals surface area (Å²) in [5, 5.41) is -0.737. The molecule has 1 aromatic rings. The predicted molar refractivity (Wildman–Crippen MR) is 66.9 cm³/mol. The van der Waals surface area contributed by atoms with E-state index < -0.39 is 15.1 Å². The van der Waals surface area contributed by atoms with Crippen molar-refractivity contribution in [2.45, 2.75) is 18.8 Å². The summed E-state index contributed by atoms with van der Waals surface area (Å²) in [6, 6.07) is 3.26. The second-order valence-corrected chi connectivity index (χ2v) is 6.66. The molecule has 0 unspecified atom stereocenters. The van der Waals surface area contributed by atoms with Crippen molar-refractivity contribution >= 4 is 15.8 Å². The van der Waals surface area contributed by atoms with Gasteiger partial charge in [0.05, 0.1) is 10.8 Å². The minimum Gasteiger partial charge on any atom is -0.457 e. The van der Waals surface area contributed by atoms with Gasteiger partial charge in [0.2, 0.25) is 0 Å². The van der Waals surface area contributed by atoms with Crippen LogP contribution >= 0.6 is 0 Å².